The number of ether oxygens (including phenoxy) is 2. The Labute approximate surface area is 166 Å². The molecule has 0 spiro atoms. The van der Waals surface area contributed by atoms with Crippen LogP contribution in [0.4, 0.5) is 0 Å². The summed E-state index contributed by atoms with van der Waals surface area (Å²) < 4.78 is 10.7. The Hall–Kier alpha value is -3.12. The van der Waals surface area contributed by atoms with Crippen molar-refractivity contribution in [3.8, 4) is 11.5 Å². The second-order valence-corrected chi connectivity index (χ2v) is 7.34. The molecular formula is C22H20N2O3S. The lowest BCUT2D eigenvalue weighted by Gasteiger charge is -2.06. The molecule has 1 amide bonds. The van der Waals surface area contributed by atoms with E-state index in [0.717, 1.165) is 38.2 Å². The lowest BCUT2D eigenvalue weighted by molar-refractivity contribution is 0.0955. The summed E-state index contributed by atoms with van der Waals surface area (Å²) in [5.41, 5.74) is 1.91. The molecule has 5 nitrogen and oxygen atoms in total. The number of rotatable bonds is 6. The van der Waals surface area contributed by atoms with Crippen molar-refractivity contribution < 1.29 is 14.3 Å². The first-order chi connectivity index (χ1) is 13.7. The van der Waals surface area contributed by atoms with E-state index in [-0.39, 0.29) is 5.91 Å². The van der Waals surface area contributed by atoms with Gasteiger partial charge in [-0.05, 0) is 55.0 Å². The Bertz CT molecular complexity index is 1140. The Morgan fingerprint density at radius 3 is 2.57 bits per heavy atom. The number of benzene rings is 2. The minimum absolute atomic E-state index is 0.0986. The molecule has 0 radical (unpaired) electrons. The van der Waals surface area contributed by atoms with E-state index in [4.69, 9.17) is 9.47 Å². The number of nitrogens with one attached hydrogen (secondary N) is 1. The normalized spacial score (nSPS) is 10.9. The molecule has 4 rings (SSSR count). The monoisotopic (exact) mass is 392 g/mol. The van der Waals surface area contributed by atoms with Crippen molar-refractivity contribution >= 4 is 38.4 Å². The number of amides is 1. The molecule has 2 aromatic carbocycles. The van der Waals surface area contributed by atoms with Gasteiger partial charge in [0.15, 0.2) is 0 Å². The number of hydrogen-bond donors (Lipinski definition) is 1. The molecule has 2 aromatic heterocycles. The SMILES string of the molecule is CCOc1ccc(CNC(=O)c2cc3cc4cc(OC)ccc4nc3s2)cc1. The van der Waals surface area contributed by atoms with Crippen molar-refractivity contribution in [2.45, 2.75) is 13.5 Å². The van der Waals surface area contributed by atoms with Crippen molar-refractivity contribution in [3.05, 3.63) is 65.0 Å². The molecule has 28 heavy (non-hydrogen) atoms. The van der Waals surface area contributed by atoms with E-state index in [2.05, 4.69) is 10.3 Å². The van der Waals surface area contributed by atoms with Gasteiger partial charge in [0.1, 0.15) is 16.3 Å². The third-order valence-corrected chi connectivity index (χ3v) is 5.46. The number of thiophene rings is 1. The summed E-state index contributed by atoms with van der Waals surface area (Å²) in [5.74, 6) is 1.52. The van der Waals surface area contributed by atoms with E-state index in [1.54, 1.807) is 7.11 Å². The van der Waals surface area contributed by atoms with E-state index < -0.39 is 0 Å². The van der Waals surface area contributed by atoms with Crippen LogP contribution in [0.2, 0.25) is 0 Å². The molecule has 0 aliphatic heterocycles. The van der Waals surface area contributed by atoms with Gasteiger partial charge in [-0.2, -0.15) is 0 Å². The Kier molecular flexibility index (Phi) is 5.12. The number of nitrogens with zero attached hydrogens (tertiary/aromatic N) is 1. The fourth-order valence-electron chi connectivity index (χ4n) is 2.99. The number of methoxy groups -OCH3 is 1. The average molecular weight is 392 g/mol. The van der Waals surface area contributed by atoms with Crippen molar-refractivity contribution in [3.63, 3.8) is 0 Å². The summed E-state index contributed by atoms with van der Waals surface area (Å²) in [7, 11) is 1.64. The van der Waals surface area contributed by atoms with Crippen LogP contribution < -0.4 is 14.8 Å². The summed E-state index contributed by atoms with van der Waals surface area (Å²) in [4.78, 5) is 18.7. The first-order valence-electron chi connectivity index (χ1n) is 9.04. The second kappa shape index (κ2) is 7.86. The Morgan fingerprint density at radius 2 is 1.82 bits per heavy atom. The van der Waals surface area contributed by atoms with Gasteiger partial charge >= 0.3 is 0 Å². The molecule has 0 aliphatic carbocycles. The summed E-state index contributed by atoms with van der Waals surface area (Å²) >= 11 is 1.40. The van der Waals surface area contributed by atoms with Crippen LogP contribution in [0.25, 0.3) is 21.1 Å². The van der Waals surface area contributed by atoms with Crippen LogP contribution in [0.5, 0.6) is 11.5 Å². The minimum Gasteiger partial charge on any atom is -0.497 e. The number of pyridine rings is 1. The maximum absolute atomic E-state index is 12.6. The van der Waals surface area contributed by atoms with E-state index in [1.165, 1.54) is 11.3 Å². The molecule has 0 unspecified atom stereocenters. The van der Waals surface area contributed by atoms with Crippen molar-refractivity contribution in [1.29, 1.82) is 0 Å². The van der Waals surface area contributed by atoms with Crippen LogP contribution in [-0.4, -0.2) is 24.6 Å². The molecule has 2 heterocycles. The van der Waals surface area contributed by atoms with Gasteiger partial charge in [0.2, 0.25) is 0 Å². The van der Waals surface area contributed by atoms with Crippen LogP contribution in [0.15, 0.2) is 54.6 Å². The van der Waals surface area contributed by atoms with Crippen molar-refractivity contribution in [2.75, 3.05) is 13.7 Å². The van der Waals surface area contributed by atoms with Crippen molar-refractivity contribution in [2.24, 2.45) is 0 Å². The highest BCUT2D eigenvalue weighted by atomic mass is 32.1. The maximum atomic E-state index is 12.6. The third kappa shape index (κ3) is 3.77. The smallest absolute Gasteiger partial charge is 0.261 e. The zero-order valence-electron chi connectivity index (χ0n) is 15.7. The van der Waals surface area contributed by atoms with Gasteiger partial charge in [0.05, 0.1) is 24.1 Å². The summed E-state index contributed by atoms with van der Waals surface area (Å²) in [5, 5.41) is 4.92. The van der Waals surface area contributed by atoms with Crippen LogP contribution in [0.3, 0.4) is 0 Å². The summed E-state index contributed by atoms with van der Waals surface area (Å²) in [6, 6.07) is 17.4. The predicted molar refractivity (Wildman–Crippen MR) is 112 cm³/mol. The topological polar surface area (TPSA) is 60.5 Å². The zero-order valence-corrected chi connectivity index (χ0v) is 16.5. The predicted octanol–water partition coefficient (Wildman–Crippen LogP) is 4.79. The molecular weight excluding hydrogens is 372 g/mol. The lowest BCUT2D eigenvalue weighted by Crippen LogP contribution is -2.21. The standard InChI is InChI=1S/C22H20N2O3S/c1-3-27-17-6-4-14(5-7-17)13-23-21(25)20-12-16-10-15-11-18(26-2)8-9-19(15)24-22(16)28-20/h4-12H,3,13H2,1-2H3,(H,23,25). The Morgan fingerprint density at radius 1 is 1.04 bits per heavy atom. The van der Waals surface area contributed by atoms with Gasteiger partial charge in [-0.1, -0.05) is 12.1 Å². The largest absolute Gasteiger partial charge is 0.497 e. The van der Waals surface area contributed by atoms with E-state index in [0.29, 0.717) is 18.0 Å². The highest BCUT2D eigenvalue weighted by Crippen LogP contribution is 2.29. The van der Waals surface area contributed by atoms with Gasteiger partial charge in [-0.25, -0.2) is 4.98 Å². The van der Waals surface area contributed by atoms with E-state index in [1.807, 2.05) is 61.5 Å². The Balaban J connectivity index is 1.51. The highest BCUT2D eigenvalue weighted by Gasteiger charge is 2.12. The summed E-state index contributed by atoms with van der Waals surface area (Å²) in [6.45, 7) is 3.05. The number of hydrogen-bond acceptors (Lipinski definition) is 5. The molecule has 0 saturated carbocycles. The number of aromatic nitrogens is 1. The van der Waals surface area contributed by atoms with Crippen LogP contribution in [0, 0.1) is 0 Å². The number of fused-ring (bicyclic) bond motifs is 2. The molecule has 1 N–H and O–H groups in total. The van der Waals surface area contributed by atoms with Crippen LogP contribution in [0.1, 0.15) is 22.2 Å². The van der Waals surface area contributed by atoms with Gasteiger partial charge in [0.25, 0.3) is 5.91 Å². The van der Waals surface area contributed by atoms with E-state index >= 15 is 0 Å². The van der Waals surface area contributed by atoms with Gasteiger partial charge in [-0.15, -0.1) is 11.3 Å². The molecule has 4 aromatic rings. The molecule has 0 saturated heterocycles. The molecule has 0 fully saturated rings. The van der Waals surface area contributed by atoms with Crippen LogP contribution in [-0.2, 0) is 6.54 Å². The summed E-state index contributed by atoms with van der Waals surface area (Å²) in [6.07, 6.45) is 0. The third-order valence-electron chi connectivity index (χ3n) is 4.42. The molecule has 0 aliphatic rings. The molecule has 0 bridgehead atoms. The fourth-order valence-corrected chi connectivity index (χ4v) is 3.93. The van der Waals surface area contributed by atoms with Gasteiger partial charge in [0, 0.05) is 17.3 Å². The minimum atomic E-state index is -0.0986. The zero-order chi connectivity index (χ0) is 19.5. The number of carbonyl (C=O) groups excluding carboxylic acids is 1. The number of carbonyl (C=O) groups is 1. The van der Waals surface area contributed by atoms with Crippen molar-refractivity contribution in [1.82, 2.24) is 10.3 Å². The lowest BCUT2D eigenvalue weighted by atomic mass is 10.2. The molecule has 0 atom stereocenters. The van der Waals surface area contributed by atoms with Gasteiger partial charge < -0.3 is 14.8 Å². The molecule has 6 heteroatoms. The fraction of sp³-hybridized carbons (Fsp3) is 0.182. The maximum Gasteiger partial charge on any atom is 0.261 e. The first-order valence-corrected chi connectivity index (χ1v) is 9.86. The van der Waals surface area contributed by atoms with Gasteiger partial charge in [-0.3, -0.25) is 4.79 Å². The molecule has 142 valence electrons. The highest BCUT2D eigenvalue weighted by molar-refractivity contribution is 7.20. The van der Waals surface area contributed by atoms with Crippen LogP contribution >= 0.6 is 11.3 Å². The average Bonchev–Trinajstić information content (AvgIpc) is 3.14. The van der Waals surface area contributed by atoms with E-state index in [9.17, 15) is 4.79 Å². The first kappa shape index (κ1) is 18.3. The quantitative estimate of drug-likeness (QED) is 0.513. The second-order valence-electron chi connectivity index (χ2n) is 6.31.